The number of benzene rings is 4. The monoisotopic (exact) mass is 449 g/mol. The molecule has 0 bridgehead atoms. The zero-order chi connectivity index (χ0) is 23.7. The fraction of sp³-hybridized carbons (Fsp3) is 0.0370. The Labute approximate surface area is 195 Å². The van der Waals surface area contributed by atoms with Crippen LogP contribution in [0.15, 0.2) is 95.2 Å². The predicted octanol–water partition coefficient (Wildman–Crippen LogP) is 6.34. The molecule has 1 aliphatic rings. The highest BCUT2D eigenvalue weighted by Gasteiger charge is 2.29. The maximum Gasteiger partial charge on any atom is 0.194 e. The third kappa shape index (κ3) is 3.80. The van der Waals surface area contributed by atoms with Crippen LogP contribution in [0.5, 0.6) is 11.5 Å². The summed E-state index contributed by atoms with van der Waals surface area (Å²) < 4.78 is 5.29. The van der Waals surface area contributed by atoms with E-state index in [4.69, 9.17) is 4.74 Å². The van der Waals surface area contributed by atoms with E-state index < -0.39 is 0 Å². The predicted molar refractivity (Wildman–Crippen MR) is 128 cm³/mol. The van der Waals surface area contributed by atoms with Gasteiger partial charge in [-0.25, -0.2) is 0 Å². The molecule has 166 valence electrons. The Kier molecular flexibility index (Phi) is 5.35. The number of nitrogens with zero attached hydrogens (tertiary/aromatic N) is 2. The van der Waals surface area contributed by atoms with Crippen molar-refractivity contribution in [3.8, 4) is 11.5 Å². The number of ketones is 2. The number of fused-ring (bicyclic) bond motifs is 2. The van der Waals surface area contributed by atoms with Crippen LogP contribution in [-0.2, 0) is 0 Å². The standard InChI is InChI=1S/C27H19N3O4/c1-34-24-15-18(30-29-16-7-3-2-4-8-16)14-23(27(24)33)28-17-11-12-21-22(13-17)26(32)20-10-6-5-9-19(20)25(21)31/h2-15,28,33H,1H3. The van der Waals surface area contributed by atoms with E-state index in [1.807, 2.05) is 30.3 Å². The van der Waals surface area contributed by atoms with E-state index in [1.165, 1.54) is 7.11 Å². The molecule has 0 atom stereocenters. The Morgan fingerprint density at radius 3 is 2.03 bits per heavy atom. The topological polar surface area (TPSA) is 100 Å². The van der Waals surface area contributed by atoms with E-state index >= 15 is 0 Å². The molecule has 0 aromatic heterocycles. The Morgan fingerprint density at radius 2 is 1.32 bits per heavy atom. The van der Waals surface area contributed by atoms with Gasteiger partial charge in [0.15, 0.2) is 23.1 Å². The van der Waals surface area contributed by atoms with Gasteiger partial charge in [-0.2, -0.15) is 10.2 Å². The molecule has 0 spiro atoms. The molecule has 0 amide bonds. The van der Waals surface area contributed by atoms with Crippen LogP contribution in [0.3, 0.4) is 0 Å². The summed E-state index contributed by atoms with van der Waals surface area (Å²) in [5.74, 6) is -0.317. The molecular formula is C27H19N3O4. The van der Waals surface area contributed by atoms with Crippen molar-refractivity contribution in [3.05, 3.63) is 107 Å². The summed E-state index contributed by atoms with van der Waals surface area (Å²) in [5, 5.41) is 22.2. The number of hydrogen-bond donors (Lipinski definition) is 2. The number of phenolic OH excluding ortho intramolecular Hbond substituents is 1. The number of carbonyl (C=O) groups is 2. The molecule has 4 aromatic rings. The maximum absolute atomic E-state index is 13.0. The average molecular weight is 449 g/mol. The summed E-state index contributed by atoms with van der Waals surface area (Å²) in [4.78, 5) is 25.9. The van der Waals surface area contributed by atoms with E-state index in [0.717, 1.165) is 0 Å². The first kappa shape index (κ1) is 21.1. The van der Waals surface area contributed by atoms with Crippen molar-refractivity contribution in [2.24, 2.45) is 10.2 Å². The van der Waals surface area contributed by atoms with Crippen molar-refractivity contribution in [2.75, 3.05) is 12.4 Å². The average Bonchev–Trinajstić information content (AvgIpc) is 2.88. The van der Waals surface area contributed by atoms with Gasteiger partial charge in [0.05, 0.1) is 24.2 Å². The third-order valence-electron chi connectivity index (χ3n) is 5.52. The number of aromatic hydroxyl groups is 1. The van der Waals surface area contributed by atoms with Gasteiger partial charge in [-0.15, -0.1) is 0 Å². The quantitative estimate of drug-likeness (QED) is 0.241. The maximum atomic E-state index is 13.0. The second-order valence-corrected chi connectivity index (χ2v) is 7.67. The highest BCUT2D eigenvalue weighted by Crippen LogP contribution is 2.41. The molecule has 1 aliphatic carbocycles. The SMILES string of the molecule is COc1cc(N=Nc2ccccc2)cc(Nc2ccc3c(c2)C(=O)c2ccccc2C3=O)c1O. The second kappa shape index (κ2) is 8.63. The molecule has 7 heteroatoms. The van der Waals surface area contributed by atoms with Crippen molar-refractivity contribution in [1.29, 1.82) is 0 Å². The van der Waals surface area contributed by atoms with Crippen molar-refractivity contribution >= 4 is 34.3 Å². The van der Waals surface area contributed by atoms with Gasteiger partial charge < -0.3 is 15.2 Å². The number of ether oxygens (including phenoxy) is 1. The largest absolute Gasteiger partial charge is 0.503 e. The molecule has 0 saturated carbocycles. The van der Waals surface area contributed by atoms with Crippen LogP contribution in [0.1, 0.15) is 31.8 Å². The second-order valence-electron chi connectivity index (χ2n) is 7.67. The molecule has 0 unspecified atom stereocenters. The van der Waals surface area contributed by atoms with Crippen LogP contribution in [0.2, 0.25) is 0 Å². The number of anilines is 2. The first-order chi connectivity index (χ1) is 16.5. The minimum absolute atomic E-state index is 0.119. The van der Waals surface area contributed by atoms with Gasteiger partial charge in [-0.05, 0) is 36.4 Å². The first-order valence-electron chi connectivity index (χ1n) is 10.5. The number of azo groups is 1. The van der Waals surface area contributed by atoms with Gasteiger partial charge in [0.25, 0.3) is 0 Å². The highest BCUT2D eigenvalue weighted by atomic mass is 16.5. The number of methoxy groups -OCH3 is 1. The molecule has 34 heavy (non-hydrogen) atoms. The summed E-state index contributed by atoms with van der Waals surface area (Å²) >= 11 is 0. The van der Waals surface area contributed by atoms with E-state index in [9.17, 15) is 14.7 Å². The Hall–Kier alpha value is -4.78. The lowest BCUT2D eigenvalue weighted by molar-refractivity contribution is 0.0979. The lowest BCUT2D eigenvalue weighted by atomic mass is 9.84. The van der Waals surface area contributed by atoms with Crippen LogP contribution in [0, 0.1) is 0 Å². The Morgan fingerprint density at radius 1 is 0.706 bits per heavy atom. The summed E-state index contributed by atoms with van der Waals surface area (Å²) in [5.41, 5.74) is 3.41. The smallest absolute Gasteiger partial charge is 0.194 e. The number of hydrogen-bond acceptors (Lipinski definition) is 7. The van der Waals surface area contributed by atoms with Gasteiger partial charge in [0, 0.05) is 34.0 Å². The fourth-order valence-electron chi connectivity index (χ4n) is 3.84. The molecule has 5 rings (SSSR count). The molecular weight excluding hydrogens is 430 g/mol. The number of carbonyl (C=O) groups excluding carboxylic acids is 2. The van der Waals surface area contributed by atoms with Gasteiger partial charge in [0.1, 0.15) is 0 Å². The van der Waals surface area contributed by atoms with Crippen LogP contribution in [-0.4, -0.2) is 23.8 Å². The zero-order valence-electron chi connectivity index (χ0n) is 18.1. The summed E-state index contributed by atoms with van der Waals surface area (Å²) in [6, 6.07) is 24.1. The van der Waals surface area contributed by atoms with Crippen LogP contribution in [0.4, 0.5) is 22.7 Å². The number of nitrogens with one attached hydrogen (secondary N) is 1. The summed E-state index contributed by atoms with van der Waals surface area (Å²) in [7, 11) is 1.44. The first-order valence-corrected chi connectivity index (χ1v) is 10.5. The van der Waals surface area contributed by atoms with Crippen molar-refractivity contribution < 1.29 is 19.4 Å². The molecule has 0 radical (unpaired) electrons. The van der Waals surface area contributed by atoms with Crippen molar-refractivity contribution in [3.63, 3.8) is 0 Å². The summed E-state index contributed by atoms with van der Waals surface area (Å²) in [6.07, 6.45) is 0. The molecule has 2 N–H and O–H groups in total. The molecule has 0 aliphatic heterocycles. The van der Waals surface area contributed by atoms with Gasteiger partial charge >= 0.3 is 0 Å². The molecule has 0 fully saturated rings. The zero-order valence-corrected chi connectivity index (χ0v) is 18.1. The van der Waals surface area contributed by atoms with Gasteiger partial charge in [-0.3, -0.25) is 9.59 Å². The van der Waals surface area contributed by atoms with E-state index in [-0.39, 0.29) is 23.1 Å². The lowest BCUT2D eigenvalue weighted by Gasteiger charge is -2.19. The Bertz CT molecular complexity index is 1460. The van der Waals surface area contributed by atoms with Crippen molar-refractivity contribution in [1.82, 2.24) is 0 Å². The van der Waals surface area contributed by atoms with Crippen LogP contribution < -0.4 is 10.1 Å². The molecule has 7 nitrogen and oxygen atoms in total. The molecule has 4 aromatic carbocycles. The van der Waals surface area contributed by atoms with Crippen LogP contribution in [0.25, 0.3) is 0 Å². The Balaban J connectivity index is 1.49. The molecule has 0 heterocycles. The van der Waals surface area contributed by atoms with E-state index in [2.05, 4.69) is 15.5 Å². The minimum atomic E-state index is -0.221. The number of phenols is 1. The van der Waals surface area contributed by atoms with Crippen LogP contribution >= 0.6 is 0 Å². The van der Waals surface area contributed by atoms with Crippen molar-refractivity contribution in [2.45, 2.75) is 0 Å². The highest BCUT2D eigenvalue weighted by molar-refractivity contribution is 6.28. The van der Waals surface area contributed by atoms with Gasteiger partial charge in [0.2, 0.25) is 0 Å². The minimum Gasteiger partial charge on any atom is -0.503 e. The third-order valence-corrected chi connectivity index (χ3v) is 5.52. The number of rotatable bonds is 5. The fourth-order valence-corrected chi connectivity index (χ4v) is 3.84. The lowest BCUT2D eigenvalue weighted by Crippen LogP contribution is -2.20. The normalized spacial score (nSPS) is 12.4. The van der Waals surface area contributed by atoms with E-state index in [0.29, 0.717) is 45.0 Å². The summed E-state index contributed by atoms with van der Waals surface area (Å²) in [6.45, 7) is 0. The van der Waals surface area contributed by atoms with E-state index in [1.54, 1.807) is 54.6 Å². The molecule has 0 saturated heterocycles. The van der Waals surface area contributed by atoms with Gasteiger partial charge in [-0.1, -0.05) is 42.5 Å².